The molecule has 0 aliphatic carbocycles. The van der Waals surface area contributed by atoms with Crippen molar-refractivity contribution in [3.05, 3.63) is 21.7 Å². The van der Waals surface area contributed by atoms with E-state index in [0.29, 0.717) is 11.9 Å². The molecular weight excluding hydrogens is 204 g/mol. The van der Waals surface area contributed by atoms with Crippen LogP contribution >= 0.6 is 11.6 Å². The van der Waals surface area contributed by atoms with Gasteiger partial charge in [0.2, 0.25) is 0 Å². The molecule has 5 nitrogen and oxygen atoms in total. The van der Waals surface area contributed by atoms with E-state index in [0.717, 1.165) is 13.1 Å². The predicted molar refractivity (Wildman–Crippen MR) is 54.8 cm³/mol. The number of aromatic amines is 1. The monoisotopic (exact) mass is 214 g/mol. The van der Waals surface area contributed by atoms with Crippen LogP contribution in [-0.2, 0) is 0 Å². The van der Waals surface area contributed by atoms with E-state index in [1.807, 2.05) is 7.05 Å². The second kappa shape index (κ2) is 3.59. The molecule has 1 aliphatic heterocycles. The molecule has 0 amide bonds. The highest BCUT2D eigenvalue weighted by Gasteiger charge is 2.24. The van der Waals surface area contributed by atoms with Crippen molar-refractivity contribution in [2.75, 3.05) is 25.5 Å². The Kier molecular flexibility index (Phi) is 2.43. The van der Waals surface area contributed by atoms with Crippen LogP contribution in [0, 0.1) is 0 Å². The van der Waals surface area contributed by atoms with Crippen molar-refractivity contribution >= 4 is 17.4 Å². The second-order valence-corrected chi connectivity index (χ2v) is 3.83. The van der Waals surface area contributed by atoms with Gasteiger partial charge in [-0.3, -0.25) is 4.79 Å². The lowest BCUT2D eigenvalue weighted by atomic mass is 10.1. The van der Waals surface area contributed by atoms with Crippen LogP contribution in [0.5, 0.6) is 0 Å². The van der Waals surface area contributed by atoms with Crippen LogP contribution < -0.4 is 10.9 Å². The van der Waals surface area contributed by atoms with E-state index in [4.69, 9.17) is 11.6 Å². The summed E-state index contributed by atoms with van der Waals surface area (Å²) in [5.41, 5.74) is -0.308. The van der Waals surface area contributed by atoms with E-state index in [1.165, 1.54) is 6.33 Å². The highest BCUT2D eigenvalue weighted by molar-refractivity contribution is 6.32. The SMILES string of the molecule is CN1CC(Nc2nc[nH]c(=O)c2Cl)C1. The van der Waals surface area contributed by atoms with Gasteiger partial charge in [0.25, 0.3) is 5.56 Å². The number of rotatable bonds is 2. The Hall–Kier alpha value is -1.07. The molecule has 1 aliphatic rings. The van der Waals surface area contributed by atoms with Crippen molar-refractivity contribution in [3.8, 4) is 0 Å². The van der Waals surface area contributed by atoms with Crippen molar-refractivity contribution in [2.24, 2.45) is 0 Å². The molecule has 0 unspecified atom stereocenters. The summed E-state index contributed by atoms with van der Waals surface area (Å²) in [6.45, 7) is 1.90. The zero-order valence-corrected chi connectivity index (χ0v) is 8.51. The Bertz CT molecular complexity index is 385. The molecule has 0 bridgehead atoms. The van der Waals surface area contributed by atoms with Crippen LogP contribution in [0.1, 0.15) is 0 Å². The molecule has 0 spiro atoms. The number of likely N-dealkylation sites (tertiary alicyclic amines) is 1. The molecular formula is C8H11ClN4O. The molecule has 0 aromatic carbocycles. The van der Waals surface area contributed by atoms with Crippen LogP contribution in [-0.4, -0.2) is 41.0 Å². The van der Waals surface area contributed by atoms with Gasteiger partial charge >= 0.3 is 0 Å². The molecule has 2 rings (SSSR count). The van der Waals surface area contributed by atoms with Gasteiger partial charge in [0.15, 0.2) is 5.82 Å². The van der Waals surface area contributed by atoms with Gasteiger partial charge in [-0.05, 0) is 7.05 Å². The summed E-state index contributed by atoms with van der Waals surface area (Å²) in [6.07, 6.45) is 1.35. The van der Waals surface area contributed by atoms with Crippen molar-refractivity contribution in [2.45, 2.75) is 6.04 Å². The van der Waals surface area contributed by atoms with E-state index < -0.39 is 0 Å². The maximum atomic E-state index is 11.1. The fourth-order valence-electron chi connectivity index (χ4n) is 1.47. The second-order valence-electron chi connectivity index (χ2n) is 3.46. The Morgan fingerprint density at radius 1 is 1.71 bits per heavy atom. The fourth-order valence-corrected chi connectivity index (χ4v) is 1.63. The first-order valence-electron chi connectivity index (χ1n) is 4.35. The first-order valence-corrected chi connectivity index (χ1v) is 4.73. The fraction of sp³-hybridized carbons (Fsp3) is 0.500. The molecule has 1 aromatic rings. The molecule has 1 fully saturated rings. The summed E-state index contributed by atoms with van der Waals surface area (Å²) in [7, 11) is 2.03. The van der Waals surface area contributed by atoms with Crippen LogP contribution in [0.3, 0.4) is 0 Å². The van der Waals surface area contributed by atoms with E-state index in [9.17, 15) is 4.79 Å². The van der Waals surface area contributed by atoms with Gasteiger partial charge in [-0.15, -0.1) is 0 Å². The predicted octanol–water partition coefficient (Wildman–Crippen LogP) is 0.149. The number of hydrogen-bond donors (Lipinski definition) is 2. The standard InChI is InChI=1S/C8H11ClN4O/c1-13-2-5(3-13)12-7-6(9)8(14)11-4-10-7/h4-5H,2-3H2,1H3,(H2,10,11,12,14). The van der Waals surface area contributed by atoms with Gasteiger partial charge in [0, 0.05) is 13.1 Å². The molecule has 0 atom stereocenters. The van der Waals surface area contributed by atoms with Gasteiger partial charge < -0.3 is 15.2 Å². The Morgan fingerprint density at radius 3 is 3.07 bits per heavy atom. The highest BCUT2D eigenvalue weighted by Crippen LogP contribution is 2.16. The molecule has 0 saturated carbocycles. The van der Waals surface area contributed by atoms with Crippen LogP contribution in [0.4, 0.5) is 5.82 Å². The van der Waals surface area contributed by atoms with Crippen LogP contribution in [0.2, 0.25) is 5.02 Å². The third-order valence-electron chi connectivity index (χ3n) is 2.20. The zero-order valence-electron chi connectivity index (χ0n) is 7.75. The maximum absolute atomic E-state index is 11.1. The maximum Gasteiger partial charge on any atom is 0.271 e. The molecule has 2 N–H and O–H groups in total. The topological polar surface area (TPSA) is 61.0 Å². The summed E-state index contributed by atoms with van der Waals surface area (Å²) < 4.78 is 0. The van der Waals surface area contributed by atoms with Crippen molar-refractivity contribution in [1.82, 2.24) is 14.9 Å². The van der Waals surface area contributed by atoms with Crippen molar-refractivity contribution in [3.63, 3.8) is 0 Å². The molecule has 14 heavy (non-hydrogen) atoms. The summed E-state index contributed by atoms with van der Waals surface area (Å²) in [5, 5.41) is 3.24. The number of nitrogens with one attached hydrogen (secondary N) is 2. The Labute approximate surface area is 86.1 Å². The molecule has 0 radical (unpaired) electrons. The number of nitrogens with zero attached hydrogens (tertiary/aromatic N) is 2. The molecule has 2 heterocycles. The first kappa shape index (κ1) is 9.48. The Morgan fingerprint density at radius 2 is 2.43 bits per heavy atom. The molecule has 6 heteroatoms. The van der Waals surface area contributed by atoms with Crippen LogP contribution in [0.15, 0.2) is 11.1 Å². The third kappa shape index (κ3) is 1.73. The lowest BCUT2D eigenvalue weighted by molar-refractivity contribution is 0.205. The molecule has 1 aromatic heterocycles. The lowest BCUT2D eigenvalue weighted by Gasteiger charge is -2.36. The van der Waals surface area contributed by atoms with Gasteiger partial charge in [0.05, 0.1) is 12.4 Å². The minimum absolute atomic E-state index is 0.127. The van der Waals surface area contributed by atoms with E-state index in [2.05, 4.69) is 20.2 Å². The minimum Gasteiger partial charge on any atom is -0.363 e. The zero-order chi connectivity index (χ0) is 10.1. The third-order valence-corrected chi connectivity index (χ3v) is 2.55. The number of aromatic nitrogens is 2. The van der Waals surface area contributed by atoms with E-state index in [-0.39, 0.29) is 10.6 Å². The van der Waals surface area contributed by atoms with E-state index >= 15 is 0 Å². The number of H-pyrrole nitrogens is 1. The lowest BCUT2D eigenvalue weighted by Crippen LogP contribution is -2.52. The van der Waals surface area contributed by atoms with Crippen molar-refractivity contribution < 1.29 is 0 Å². The summed E-state index contributed by atoms with van der Waals surface area (Å²) >= 11 is 5.77. The summed E-state index contributed by atoms with van der Waals surface area (Å²) in [6, 6.07) is 0.340. The smallest absolute Gasteiger partial charge is 0.271 e. The van der Waals surface area contributed by atoms with Gasteiger partial charge in [0.1, 0.15) is 5.02 Å². The van der Waals surface area contributed by atoms with Gasteiger partial charge in [-0.1, -0.05) is 11.6 Å². The normalized spacial score (nSPS) is 17.9. The number of hydrogen-bond acceptors (Lipinski definition) is 4. The average Bonchev–Trinajstić information content (AvgIpc) is 2.10. The Balaban J connectivity index is 2.10. The average molecular weight is 215 g/mol. The highest BCUT2D eigenvalue weighted by atomic mass is 35.5. The first-order chi connectivity index (χ1) is 6.66. The largest absolute Gasteiger partial charge is 0.363 e. The summed E-state index contributed by atoms with van der Waals surface area (Å²) in [4.78, 5) is 19.7. The molecule has 1 saturated heterocycles. The van der Waals surface area contributed by atoms with Crippen molar-refractivity contribution in [1.29, 1.82) is 0 Å². The van der Waals surface area contributed by atoms with Gasteiger partial charge in [-0.2, -0.15) is 0 Å². The number of anilines is 1. The minimum atomic E-state index is -0.308. The van der Waals surface area contributed by atoms with Gasteiger partial charge in [-0.25, -0.2) is 4.98 Å². The number of likely N-dealkylation sites (N-methyl/N-ethyl adjacent to an activating group) is 1. The quantitative estimate of drug-likeness (QED) is 0.736. The molecule has 76 valence electrons. The number of halogens is 1. The summed E-state index contributed by atoms with van der Waals surface area (Å²) in [5.74, 6) is 0.466. The van der Waals surface area contributed by atoms with Crippen LogP contribution in [0.25, 0.3) is 0 Å². The van der Waals surface area contributed by atoms with E-state index in [1.54, 1.807) is 0 Å².